The second kappa shape index (κ2) is 10.2. The molecule has 6 nitrogen and oxygen atoms in total. The third-order valence-corrected chi connectivity index (χ3v) is 6.44. The summed E-state index contributed by atoms with van der Waals surface area (Å²) in [7, 11) is 0. The summed E-state index contributed by atoms with van der Waals surface area (Å²) in [5.74, 6) is -0.859. The SMILES string of the molecule is CC(C)N(c1ccccc1)c1ccc(NC(=O)COC(=O)c2c3c(nc4ccccc24)CCC3)cc1. The van der Waals surface area contributed by atoms with Crippen LogP contribution in [0.3, 0.4) is 0 Å². The molecule has 5 rings (SSSR count). The van der Waals surface area contributed by atoms with Crippen LogP contribution in [0.2, 0.25) is 0 Å². The zero-order valence-electron chi connectivity index (χ0n) is 20.5. The lowest BCUT2D eigenvalue weighted by Crippen LogP contribution is -2.25. The first kappa shape index (κ1) is 23.5. The molecule has 0 saturated carbocycles. The van der Waals surface area contributed by atoms with Gasteiger partial charge in [0.15, 0.2) is 6.61 Å². The number of amides is 1. The third kappa shape index (κ3) is 4.80. The lowest BCUT2D eigenvalue weighted by molar-refractivity contribution is -0.119. The number of para-hydroxylation sites is 2. The molecule has 0 aliphatic heterocycles. The minimum Gasteiger partial charge on any atom is -0.452 e. The van der Waals surface area contributed by atoms with Crippen LogP contribution in [0.5, 0.6) is 0 Å². The molecular formula is C30H29N3O3. The van der Waals surface area contributed by atoms with Crippen molar-refractivity contribution >= 4 is 39.8 Å². The standard InChI is InChI=1S/C30H29N3O3/c1-20(2)33(22-9-4-3-5-10-22)23-17-15-21(16-18-23)31-28(34)19-36-30(35)29-24-11-6-7-13-26(24)32-27-14-8-12-25(27)29/h3-7,9-11,13,15-18,20H,8,12,14,19H2,1-2H3,(H,31,34). The topological polar surface area (TPSA) is 71.5 Å². The molecule has 0 bridgehead atoms. The van der Waals surface area contributed by atoms with Crippen LogP contribution in [0.1, 0.15) is 41.9 Å². The summed E-state index contributed by atoms with van der Waals surface area (Å²) in [6.45, 7) is 3.92. The Morgan fingerprint density at radius 1 is 0.917 bits per heavy atom. The van der Waals surface area contributed by atoms with Gasteiger partial charge in [0, 0.05) is 34.2 Å². The van der Waals surface area contributed by atoms with E-state index in [2.05, 4.69) is 36.2 Å². The first-order valence-electron chi connectivity index (χ1n) is 12.3. The highest BCUT2D eigenvalue weighted by atomic mass is 16.5. The Morgan fingerprint density at radius 2 is 1.61 bits per heavy atom. The Kier molecular flexibility index (Phi) is 6.67. The van der Waals surface area contributed by atoms with Crippen molar-refractivity contribution in [2.75, 3.05) is 16.8 Å². The maximum absolute atomic E-state index is 13.1. The van der Waals surface area contributed by atoms with Crippen molar-refractivity contribution in [3.63, 3.8) is 0 Å². The normalized spacial score (nSPS) is 12.4. The molecule has 0 radical (unpaired) electrons. The zero-order valence-corrected chi connectivity index (χ0v) is 20.5. The van der Waals surface area contributed by atoms with Gasteiger partial charge in [0.05, 0.1) is 11.1 Å². The van der Waals surface area contributed by atoms with Gasteiger partial charge >= 0.3 is 5.97 Å². The summed E-state index contributed by atoms with van der Waals surface area (Å²) in [5, 5.41) is 3.60. The van der Waals surface area contributed by atoms with Crippen LogP contribution in [-0.2, 0) is 22.4 Å². The molecule has 0 spiro atoms. The van der Waals surface area contributed by atoms with E-state index in [0.717, 1.165) is 52.8 Å². The van der Waals surface area contributed by atoms with Gasteiger partial charge in [-0.3, -0.25) is 9.78 Å². The fourth-order valence-corrected chi connectivity index (χ4v) is 4.88. The highest BCUT2D eigenvalue weighted by Gasteiger charge is 2.25. The number of aryl methyl sites for hydroxylation is 1. The maximum atomic E-state index is 13.1. The van der Waals surface area contributed by atoms with E-state index in [4.69, 9.17) is 9.72 Å². The number of nitrogens with zero attached hydrogens (tertiary/aromatic N) is 2. The van der Waals surface area contributed by atoms with Crippen molar-refractivity contribution in [2.45, 2.75) is 39.2 Å². The second-order valence-corrected chi connectivity index (χ2v) is 9.25. The number of esters is 1. The number of benzene rings is 3. The van der Waals surface area contributed by atoms with Gasteiger partial charge in [-0.25, -0.2) is 4.79 Å². The van der Waals surface area contributed by atoms with Crippen molar-refractivity contribution in [1.82, 2.24) is 4.98 Å². The fourth-order valence-electron chi connectivity index (χ4n) is 4.88. The summed E-state index contributed by atoms with van der Waals surface area (Å²) in [5.41, 5.74) is 6.00. The molecule has 1 N–H and O–H groups in total. The lowest BCUT2D eigenvalue weighted by atomic mass is 10.0. The molecule has 1 amide bonds. The predicted octanol–water partition coefficient (Wildman–Crippen LogP) is 6.07. The minimum atomic E-state index is -0.479. The largest absolute Gasteiger partial charge is 0.452 e. The van der Waals surface area contributed by atoms with Gasteiger partial charge in [-0.2, -0.15) is 0 Å². The Morgan fingerprint density at radius 3 is 2.36 bits per heavy atom. The van der Waals surface area contributed by atoms with Crippen molar-refractivity contribution in [1.29, 1.82) is 0 Å². The van der Waals surface area contributed by atoms with Gasteiger partial charge in [0.2, 0.25) is 0 Å². The second-order valence-electron chi connectivity index (χ2n) is 9.25. The van der Waals surface area contributed by atoms with Gasteiger partial charge in [-0.1, -0.05) is 36.4 Å². The van der Waals surface area contributed by atoms with E-state index in [1.165, 1.54) is 0 Å². The first-order valence-corrected chi connectivity index (χ1v) is 12.3. The number of nitrogens with one attached hydrogen (secondary N) is 1. The number of fused-ring (bicyclic) bond motifs is 2. The van der Waals surface area contributed by atoms with Crippen LogP contribution in [0.25, 0.3) is 10.9 Å². The smallest absolute Gasteiger partial charge is 0.339 e. The summed E-state index contributed by atoms with van der Waals surface area (Å²) in [6, 6.07) is 25.7. The first-order chi connectivity index (χ1) is 17.5. The molecular weight excluding hydrogens is 450 g/mol. The van der Waals surface area contributed by atoms with E-state index in [0.29, 0.717) is 11.3 Å². The molecule has 36 heavy (non-hydrogen) atoms. The summed E-state index contributed by atoms with van der Waals surface area (Å²) < 4.78 is 5.46. The van der Waals surface area contributed by atoms with Crippen LogP contribution in [0.15, 0.2) is 78.9 Å². The van der Waals surface area contributed by atoms with Crippen molar-refractivity contribution in [3.05, 3.63) is 95.7 Å². The summed E-state index contributed by atoms with van der Waals surface area (Å²) in [6.07, 6.45) is 2.62. The molecule has 0 fully saturated rings. The van der Waals surface area contributed by atoms with Gasteiger partial charge in [0.1, 0.15) is 0 Å². The Hall–Kier alpha value is -4.19. The fraction of sp³-hybridized carbons (Fsp3) is 0.233. The minimum absolute atomic E-state index is 0.262. The number of hydrogen-bond donors (Lipinski definition) is 1. The van der Waals surface area contributed by atoms with Gasteiger partial charge in [-0.15, -0.1) is 0 Å². The average molecular weight is 480 g/mol. The number of hydrogen-bond acceptors (Lipinski definition) is 5. The molecule has 182 valence electrons. The number of carbonyl (C=O) groups excluding carboxylic acids is 2. The van der Waals surface area contributed by atoms with Gasteiger partial charge in [-0.05, 0) is 81.1 Å². The third-order valence-electron chi connectivity index (χ3n) is 6.44. The Bertz CT molecular complexity index is 1400. The van der Waals surface area contributed by atoms with Crippen molar-refractivity contribution in [2.24, 2.45) is 0 Å². The van der Waals surface area contributed by atoms with E-state index in [-0.39, 0.29) is 18.6 Å². The lowest BCUT2D eigenvalue weighted by Gasteiger charge is -2.29. The van der Waals surface area contributed by atoms with E-state index in [9.17, 15) is 9.59 Å². The zero-order chi connectivity index (χ0) is 25.1. The molecule has 1 heterocycles. The molecule has 0 saturated heterocycles. The molecule has 3 aromatic carbocycles. The number of carbonyl (C=O) groups is 2. The highest BCUT2D eigenvalue weighted by molar-refractivity contribution is 6.06. The number of rotatable bonds is 7. The molecule has 1 aliphatic rings. The number of anilines is 3. The van der Waals surface area contributed by atoms with Crippen LogP contribution in [0, 0.1) is 0 Å². The molecule has 1 aliphatic carbocycles. The van der Waals surface area contributed by atoms with E-state index in [1.807, 2.05) is 66.7 Å². The molecule has 4 aromatic rings. The van der Waals surface area contributed by atoms with Crippen molar-refractivity contribution < 1.29 is 14.3 Å². The van der Waals surface area contributed by atoms with Gasteiger partial charge < -0.3 is 15.0 Å². The van der Waals surface area contributed by atoms with E-state index in [1.54, 1.807) is 0 Å². The molecule has 0 atom stereocenters. The quantitative estimate of drug-likeness (QED) is 0.326. The molecule has 6 heteroatoms. The van der Waals surface area contributed by atoms with Crippen LogP contribution < -0.4 is 10.2 Å². The van der Waals surface area contributed by atoms with Crippen LogP contribution in [-0.4, -0.2) is 29.5 Å². The van der Waals surface area contributed by atoms with E-state index >= 15 is 0 Å². The van der Waals surface area contributed by atoms with Crippen LogP contribution in [0.4, 0.5) is 17.1 Å². The number of aromatic nitrogens is 1. The molecule has 0 unspecified atom stereocenters. The maximum Gasteiger partial charge on any atom is 0.339 e. The summed E-state index contributed by atoms with van der Waals surface area (Å²) in [4.78, 5) is 32.6. The Labute approximate surface area is 210 Å². The summed E-state index contributed by atoms with van der Waals surface area (Å²) >= 11 is 0. The highest BCUT2D eigenvalue weighted by Crippen LogP contribution is 2.31. The number of pyridine rings is 1. The van der Waals surface area contributed by atoms with E-state index < -0.39 is 5.97 Å². The Balaban J connectivity index is 1.25. The predicted molar refractivity (Wildman–Crippen MR) is 143 cm³/mol. The monoisotopic (exact) mass is 479 g/mol. The average Bonchev–Trinajstić information content (AvgIpc) is 3.35. The van der Waals surface area contributed by atoms with Crippen LogP contribution >= 0.6 is 0 Å². The van der Waals surface area contributed by atoms with Crippen molar-refractivity contribution in [3.8, 4) is 0 Å². The number of ether oxygens (including phenoxy) is 1. The molecule has 1 aromatic heterocycles. The van der Waals surface area contributed by atoms with Gasteiger partial charge in [0.25, 0.3) is 5.91 Å².